The van der Waals surface area contributed by atoms with Gasteiger partial charge in [0.05, 0.1) is 18.6 Å². The average Bonchev–Trinajstić information content (AvgIpc) is 2.98. The van der Waals surface area contributed by atoms with E-state index >= 15 is 0 Å². The van der Waals surface area contributed by atoms with Gasteiger partial charge in [0.25, 0.3) is 0 Å². The van der Waals surface area contributed by atoms with E-state index in [1.54, 1.807) is 12.4 Å². The van der Waals surface area contributed by atoms with Gasteiger partial charge in [0, 0.05) is 25.5 Å². The maximum absolute atomic E-state index is 12.3. The molecule has 1 amide bonds. The van der Waals surface area contributed by atoms with E-state index in [1.165, 1.54) is 0 Å². The van der Waals surface area contributed by atoms with Crippen molar-refractivity contribution in [1.82, 2.24) is 9.88 Å². The molecule has 0 saturated carbocycles. The Morgan fingerprint density at radius 1 is 1.63 bits per heavy atom. The Bertz CT molecular complexity index is 462. The van der Waals surface area contributed by atoms with Gasteiger partial charge in [-0.3, -0.25) is 9.78 Å². The van der Waals surface area contributed by atoms with Crippen LogP contribution in [0.25, 0.3) is 0 Å². The summed E-state index contributed by atoms with van der Waals surface area (Å²) in [5.74, 6) is 0.807. The van der Waals surface area contributed by atoms with Crippen LogP contribution in [0.5, 0.6) is 0 Å². The van der Waals surface area contributed by atoms with Crippen LogP contribution in [0.3, 0.4) is 0 Å². The van der Waals surface area contributed by atoms with Gasteiger partial charge in [-0.15, -0.1) is 0 Å². The molecule has 0 radical (unpaired) electrons. The highest BCUT2D eigenvalue weighted by atomic mass is 16.5. The monoisotopic (exact) mass is 260 g/mol. The Morgan fingerprint density at radius 3 is 3.21 bits per heavy atom. The number of rotatable bonds is 2. The number of ether oxygens (including phenoxy) is 1. The summed E-state index contributed by atoms with van der Waals surface area (Å²) in [6, 6.07) is 3.82. The third-order valence-electron chi connectivity index (χ3n) is 4.14. The van der Waals surface area contributed by atoms with Gasteiger partial charge < -0.3 is 9.64 Å². The number of nitrogens with zero attached hydrogens (tertiary/aromatic N) is 2. The van der Waals surface area contributed by atoms with E-state index in [1.807, 2.05) is 17.0 Å². The molecule has 2 aliphatic rings. The van der Waals surface area contributed by atoms with Crippen LogP contribution in [0.4, 0.5) is 0 Å². The van der Waals surface area contributed by atoms with Crippen LogP contribution in [0.15, 0.2) is 24.5 Å². The van der Waals surface area contributed by atoms with Crippen molar-refractivity contribution in [2.45, 2.75) is 31.8 Å². The molecule has 2 atom stereocenters. The van der Waals surface area contributed by atoms with Crippen molar-refractivity contribution in [3.05, 3.63) is 30.1 Å². The van der Waals surface area contributed by atoms with Gasteiger partial charge in [-0.05, 0) is 30.4 Å². The minimum absolute atomic E-state index is 0.0516. The molecule has 102 valence electrons. The van der Waals surface area contributed by atoms with E-state index in [-0.39, 0.29) is 11.5 Å². The quantitative estimate of drug-likeness (QED) is 0.812. The van der Waals surface area contributed by atoms with Crippen molar-refractivity contribution in [2.24, 2.45) is 5.92 Å². The molecule has 3 heterocycles. The van der Waals surface area contributed by atoms with Crippen LogP contribution in [0, 0.1) is 5.92 Å². The molecular formula is C15H20N2O2. The molecule has 3 rings (SSSR count). The summed E-state index contributed by atoms with van der Waals surface area (Å²) in [5, 5.41) is 0. The Kier molecular flexibility index (Phi) is 3.27. The van der Waals surface area contributed by atoms with E-state index in [9.17, 15) is 4.79 Å². The lowest BCUT2D eigenvalue weighted by Gasteiger charge is -2.23. The molecule has 1 aromatic heterocycles. The first-order valence-corrected chi connectivity index (χ1v) is 6.98. The highest BCUT2D eigenvalue weighted by Crippen LogP contribution is 2.37. The number of carbonyl (C=O) groups is 1. The SMILES string of the molecule is C[C@H]1CO[C@]2(CCN(C(=O)Cc3cccnc3)C2)C1. The molecule has 2 fully saturated rings. The number of hydrogen-bond acceptors (Lipinski definition) is 3. The van der Waals surface area contributed by atoms with Gasteiger partial charge >= 0.3 is 0 Å². The Labute approximate surface area is 113 Å². The third kappa shape index (κ3) is 2.63. The maximum Gasteiger partial charge on any atom is 0.227 e. The fourth-order valence-corrected chi connectivity index (χ4v) is 3.20. The molecule has 0 unspecified atom stereocenters. The Morgan fingerprint density at radius 2 is 2.53 bits per heavy atom. The summed E-state index contributed by atoms with van der Waals surface area (Å²) in [7, 11) is 0. The van der Waals surface area contributed by atoms with Crippen molar-refractivity contribution < 1.29 is 9.53 Å². The van der Waals surface area contributed by atoms with Gasteiger partial charge in [-0.1, -0.05) is 13.0 Å². The largest absolute Gasteiger partial charge is 0.373 e. The van der Waals surface area contributed by atoms with E-state index in [0.717, 1.165) is 38.1 Å². The van der Waals surface area contributed by atoms with Crippen LogP contribution in [-0.2, 0) is 16.0 Å². The predicted molar refractivity (Wildman–Crippen MR) is 71.6 cm³/mol. The van der Waals surface area contributed by atoms with E-state index in [2.05, 4.69) is 11.9 Å². The minimum atomic E-state index is -0.0516. The van der Waals surface area contributed by atoms with Gasteiger partial charge in [0.15, 0.2) is 0 Å². The molecule has 0 N–H and O–H groups in total. The molecule has 4 nitrogen and oxygen atoms in total. The van der Waals surface area contributed by atoms with Crippen LogP contribution >= 0.6 is 0 Å². The van der Waals surface area contributed by atoms with Crippen molar-refractivity contribution in [1.29, 1.82) is 0 Å². The summed E-state index contributed by atoms with van der Waals surface area (Å²) in [4.78, 5) is 18.3. The zero-order valence-electron chi connectivity index (χ0n) is 11.3. The summed E-state index contributed by atoms with van der Waals surface area (Å²) in [5.41, 5.74) is 0.929. The normalized spacial score (nSPS) is 30.2. The highest BCUT2D eigenvalue weighted by Gasteiger charge is 2.45. The number of likely N-dealkylation sites (tertiary alicyclic amines) is 1. The fourth-order valence-electron chi connectivity index (χ4n) is 3.20. The summed E-state index contributed by atoms with van der Waals surface area (Å²) in [6.07, 6.45) is 6.00. The summed E-state index contributed by atoms with van der Waals surface area (Å²) in [6.45, 7) is 4.64. The van der Waals surface area contributed by atoms with Crippen molar-refractivity contribution in [3.63, 3.8) is 0 Å². The van der Waals surface area contributed by atoms with Crippen molar-refractivity contribution in [3.8, 4) is 0 Å². The van der Waals surface area contributed by atoms with Gasteiger partial charge in [0.2, 0.25) is 5.91 Å². The standard InChI is InChI=1S/C15H20N2O2/c1-12-8-15(19-10-12)4-6-17(11-15)14(18)7-13-3-2-5-16-9-13/h2-3,5,9,12H,4,6-8,10-11H2,1H3/t12-,15-/m1/s1. The van der Waals surface area contributed by atoms with Crippen LogP contribution in [0.1, 0.15) is 25.3 Å². The van der Waals surface area contributed by atoms with Gasteiger partial charge in [-0.25, -0.2) is 0 Å². The first-order valence-electron chi connectivity index (χ1n) is 6.98. The second-order valence-corrected chi connectivity index (χ2v) is 5.91. The molecule has 0 aromatic carbocycles. The second kappa shape index (κ2) is 4.93. The van der Waals surface area contributed by atoms with Gasteiger partial charge in [-0.2, -0.15) is 0 Å². The first kappa shape index (κ1) is 12.6. The lowest BCUT2D eigenvalue weighted by molar-refractivity contribution is -0.130. The number of aromatic nitrogens is 1. The molecule has 2 aliphatic heterocycles. The Balaban J connectivity index is 1.60. The molecule has 1 spiro atoms. The van der Waals surface area contributed by atoms with Crippen molar-refractivity contribution >= 4 is 5.91 Å². The summed E-state index contributed by atoms with van der Waals surface area (Å²) < 4.78 is 5.94. The lowest BCUT2D eigenvalue weighted by Crippen LogP contribution is -2.36. The van der Waals surface area contributed by atoms with Crippen LogP contribution in [0.2, 0.25) is 0 Å². The lowest BCUT2D eigenvalue weighted by atomic mass is 9.94. The predicted octanol–water partition coefficient (Wildman–Crippen LogP) is 1.65. The smallest absolute Gasteiger partial charge is 0.227 e. The first-order chi connectivity index (χ1) is 9.17. The van der Waals surface area contributed by atoms with Crippen LogP contribution in [-0.4, -0.2) is 41.1 Å². The topological polar surface area (TPSA) is 42.4 Å². The molecular weight excluding hydrogens is 240 g/mol. The van der Waals surface area contributed by atoms with Crippen LogP contribution < -0.4 is 0 Å². The molecule has 4 heteroatoms. The number of carbonyl (C=O) groups excluding carboxylic acids is 1. The number of pyridine rings is 1. The average molecular weight is 260 g/mol. The zero-order valence-corrected chi connectivity index (χ0v) is 11.3. The molecule has 2 saturated heterocycles. The highest BCUT2D eigenvalue weighted by molar-refractivity contribution is 5.79. The minimum Gasteiger partial charge on any atom is -0.373 e. The number of amides is 1. The number of hydrogen-bond donors (Lipinski definition) is 0. The third-order valence-corrected chi connectivity index (χ3v) is 4.14. The second-order valence-electron chi connectivity index (χ2n) is 5.91. The molecule has 19 heavy (non-hydrogen) atoms. The van der Waals surface area contributed by atoms with E-state index in [4.69, 9.17) is 4.74 Å². The molecule has 0 aliphatic carbocycles. The Hall–Kier alpha value is -1.42. The van der Waals surface area contributed by atoms with E-state index in [0.29, 0.717) is 12.3 Å². The molecule has 0 bridgehead atoms. The maximum atomic E-state index is 12.3. The van der Waals surface area contributed by atoms with Gasteiger partial charge in [0.1, 0.15) is 0 Å². The van der Waals surface area contributed by atoms with E-state index < -0.39 is 0 Å². The fraction of sp³-hybridized carbons (Fsp3) is 0.600. The molecule has 1 aromatic rings. The van der Waals surface area contributed by atoms with Crippen molar-refractivity contribution in [2.75, 3.05) is 19.7 Å². The summed E-state index contributed by atoms with van der Waals surface area (Å²) >= 11 is 0. The zero-order chi connectivity index (χ0) is 13.3.